The van der Waals surface area contributed by atoms with Crippen molar-refractivity contribution < 1.29 is 14.0 Å². The van der Waals surface area contributed by atoms with Crippen molar-refractivity contribution in [3.05, 3.63) is 95.6 Å². The highest BCUT2D eigenvalue weighted by molar-refractivity contribution is 6.06. The average molecular weight is 429 g/mol. The van der Waals surface area contributed by atoms with E-state index in [1.807, 2.05) is 42.2 Å². The van der Waals surface area contributed by atoms with Crippen LogP contribution < -0.4 is 4.90 Å². The Morgan fingerprint density at radius 1 is 1.03 bits per heavy atom. The van der Waals surface area contributed by atoms with E-state index in [1.165, 1.54) is 12.1 Å². The van der Waals surface area contributed by atoms with Gasteiger partial charge in [0.2, 0.25) is 5.91 Å². The second-order valence-corrected chi connectivity index (χ2v) is 8.55. The summed E-state index contributed by atoms with van der Waals surface area (Å²) < 4.78 is 13.9. The summed E-state index contributed by atoms with van der Waals surface area (Å²) in [6, 6.07) is 19.5. The van der Waals surface area contributed by atoms with Gasteiger partial charge in [0.15, 0.2) is 0 Å². The van der Waals surface area contributed by atoms with Gasteiger partial charge in [-0.15, -0.1) is 0 Å². The molecule has 6 heteroatoms. The van der Waals surface area contributed by atoms with Crippen molar-refractivity contribution in [1.82, 2.24) is 9.88 Å². The summed E-state index contributed by atoms with van der Waals surface area (Å²) in [6.07, 6.45) is 2.82. The maximum atomic E-state index is 13.9. The second kappa shape index (κ2) is 7.86. The summed E-state index contributed by atoms with van der Waals surface area (Å²) in [5.74, 6) is -0.410. The first-order valence-electron chi connectivity index (χ1n) is 10.9. The van der Waals surface area contributed by atoms with Crippen LogP contribution in [0.25, 0.3) is 0 Å². The molecule has 0 aliphatic carbocycles. The van der Waals surface area contributed by atoms with Gasteiger partial charge in [-0.05, 0) is 55.7 Å². The van der Waals surface area contributed by atoms with E-state index in [0.29, 0.717) is 42.9 Å². The number of halogens is 1. The molecule has 0 radical (unpaired) electrons. The Bertz CT molecular complexity index is 1170. The summed E-state index contributed by atoms with van der Waals surface area (Å²) in [5, 5.41) is 0. The van der Waals surface area contributed by atoms with Crippen LogP contribution in [-0.2, 0) is 4.79 Å². The molecule has 1 aromatic heterocycles. The van der Waals surface area contributed by atoms with E-state index in [2.05, 4.69) is 4.98 Å². The molecule has 5 nitrogen and oxygen atoms in total. The zero-order chi connectivity index (χ0) is 22.3. The molecule has 32 heavy (non-hydrogen) atoms. The van der Waals surface area contributed by atoms with Gasteiger partial charge in [0.05, 0.1) is 17.0 Å². The molecular weight excluding hydrogens is 405 g/mol. The molecular formula is C26H24FN3O2. The molecule has 2 aliphatic heterocycles. The monoisotopic (exact) mass is 429 g/mol. The summed E-state index contributed by atoms with van der Waals surface area (Å²) in [5.41, 5.74) is 2.31. The molecule has 3 aromatic rings. The van der Waals surface area contributed by atoms with E-state index < -0.39 is 5.41 Å². The molecule has 2 saturated heterocycles. The lowest BCUT2D eigenvalue weighted by Gasteiger charge is -2.59. The third-order valence-electron chi connectivity index (χ3n) is 6.81. The number of aromatic nitrogens is 1. The summed E-state index contributed by atoms with van der Waals surface area (Å²) in [7, 11) is 0. The van der Waals surface area contributed by atoms with Gasteiger partial charge in [-0.25, -0.2) is 4.39 Å². The molecule has 1 atom stereocenters. The van der Waals surface area contributed by atoms with Crippen LogP contribution in [0.5, 0.6) is 0 Å². The lowest BCUT2D eigenvalue weighted by Crippen LogP contribution is -2.67. The standard InChI is InChI=1S/C26H24FN3O2/c1-18-22(11-6-14-28-18)24(31)29-15-12-26(13-16-29)23(19-7-3-2-4-8-19)30(25(26)32)21-10-5-9-20(27)17-21/h2-11,14,17,23H,12-13,15-16H2,1H3. The lowest BCUT2D eigenvalue weighted by atomic mass is 9.62. The Morgan fingerprint density at radius 3 is 2.47 bits per heavy atom. The van der Waals surface area contributed by atoms with Gasteiger partial charge in [-0.2, -0.15) is 0 Å². The SMILES string of the molecule is Cc1ncccc1C(=O)N1CCC2(CC1)C(=O)N(c1cccc(F)c1)C2c1ccccc1. The van der Waals surface area contributed by atoms with Crippen molar-refractivity contribution in [3.63, 3.8) is 0 Å². The van der Waals surface area contributed by atoms with E-state index in [9.17, 15) is 14.0 Å². The zero-order valence-electron chi connectivity index (χ0n) is 17.9. The van der Waals surface area contributed by atoms with E-state index in [4.69, 9.17) is 0 Å². The average Bonchev–Trinajstić information content (AvgIpc) is 2.82. The predicted molar refractivity (Wildman–Crippen MR) is 120 cm³/mol. The topological polar surface area (TPSA) is 53.5 Å². The number of carbonyl (C=O) groups is 2. The van der Waals surface area contributed by atoms with Crippen LogP contribution in [0.1, 0.15) is 40.5 Å². The van der Waals surface area contributed by atoms with Crippen LogP contribution in [0.2, 0.25) is 0 Å². The summed E-state index contributed by atoms with van der Waals surface area (Å²) in [4.78, 5) is 34.3. The number of β-lactam (4-membered cyclic amide) rings is 1. The van der Waals surface area contributed by atoms with E-state index >= 15 is 0 Å². The van der Waals surface area contributed by atoms with E-state index in [-0.39, 0.29) is 23.7 Å². The van der Waals surface area contributed by atoms with E-state index in [1.54, 1.807) is 35.4 Å². The third-order valence-corrected chi connectivity index (χ3v) is 6.81. The fraction of sp³-hybridized carbons (Fsp3) is 0.269. The van der Waals surface area contributed by atoms with Crippen molar-refractivity contribution in [3.8, 4) is 0 Å². The zero-order valence-corrected chi connectivity index (χ0v) is 17.9. The molecule has 0 N–H and O–H groups in total. The molecule has 162 valence electrons. The van der Waals surface area contributed by atoms with Crippen LogP contribution >= 0.6 is 0 Å². The fourth-order valence-electron chi connectivity index (χ4n) is 5.13. The van der Waals surface area contributed by atoms with Crippen LogP contribution in [0, 0.1) is 18.2 Å². The summed E-state index contributed by atoms with van der Waals surface area (Å²) in [6.45, 7) is 2.83. The van der Waals surface area contributed by atoms with Gasteiger partial charge >= 0.3 is 0 Å². The van der Waals surface area contributed by atoms with Crippen molar-refractivity contribution >= 4 is 17.5 Å². The Balaban J connectivity index is 1.43. The number of piperidine rings is 1. The number of nitrogens with zero attached hydrogens (tertiary/aromatic N) is 3. The van der Waals surface area contributed by atoms with Gasteiger partial charge < -0.3 is 9.80 Å². The molecule has 5 rings (SSSR count). The number of rotatable bonds is 3. The molecule has 2 fully saturated rings. The number of benzene rings is 2. The number of carbonyl (C=O) groups excluding carboxylic acids is 2. The Hall–Kier alpha value is -3.54. The minimum Gasteiger partial charge on any atom is -0.339 e. The van der Waals surface area contributed by atoms with Crippen LogP contribution in [0.15, 0.2) is 72.9 Å². The van der Waals surface area contributed by atoms with Crippen molar-refractivity contribution in [2.75, 3.05) is 18.0 Å². The number of anilines is 1. The molecule has 1 unspecified atom stereocenters. The molecule has 3 heterocycles. The first kappa shape index (κ1) is 20.4. The van der Waals surface area contributed by atoms with Gasteiger partial charge in [0.1, 0.15) is 5.82 Å². The maximum Gasteiger partial charge on any atom is 0.255 e. The molecule has 2 aliphatic rings. The van der Waals surface area contributed by atoms with Crippen molar-refractivity contribution in [2.24, 2.45) is 5.41 Å². The van der Waals surface area contributed by atoms with Gasteiger partial charge in [0.25, 0.3) is 5.91 Å². The van der Waals surface area contributed by atoms with E-state index in [0.717, 1.165) is 5.56 Å². The highest BCUT2D eigenvalue weighted by Gasteiger charge is 2.62. The fourth-order valence-corrected chi connectivity index (χ4v) is 5.13. The minimum atomic E-state index is -0.589. The molecule has 1 spiro atoms. The Kier molecular flexibility index (Phi) is 5.00. The summed E-state index contributed by atoms with van der Waals surface area (Å²) >= 11 is 0. The first-order chi connectivity index (χ1) is 15.5. The van der Waals surface area contributed by atoms with Crippen molar-refractivity contribution in [1.29, 1.82) is 0 Å². The predicted octanol–water partition coefficient (Wildman–Crippen LogP) is 4.54. The number of likely N-dealkylation sites (tertiary alicyclic amines) is 1. The highest BCUT2D eigenvalue weighted by atomic mass is 19.1. The number of hydrogen-bond acceptors (Lipinski definition) is 3. The number of pyridine rings is 1. The lowest BCUT2D eigenvalue weighted by molar-refractivity contribution is -0.144. The molecule has 0 bridgehead atoms. The second-order valence-electron chi connectivity index (χ2n) is 8.55. The quantitative estimate of drug-likeness (QED) is 0.575. The molecule has 2 amide bonds. The van der Waals surface area contributed by atoms with Gasteiger partial charge in [-0.1, -0.05) is 36.4 Å². The highest BCUT2D eigenvalue weighted by Crippen LogP contribution is 2.57. The number of amides is 2. The third kappa shape index (κ3) is 3.18. The van der Waals surface area contributed by atoms with Gasteiger partial charge in [-0.3, -0.25) is 14.6 Å². The largest absolute Gasteiger partial charge is 0.339 e. The van der Waals surface area contributed by atoms with Crippen LogP contribution in [0.4, 0.5) is 10.1 Å². The van der Waals surface area contributed by atoms with Crippen molar-refractivity contribution in [2.45, 2.75) is 25.8 Å². The molecule has 2 aromatic carbocycles. The smallest absolute Gasteiger partial charge is 0.255 e. The Morgan fingerprint density at radius 2 is 1.78 bits per heavy atom. The number of hydrogen-bond donors (Lipinski definition) is 0. The van der Waals surface area contributed by atoms with Gasteiger partial charge in [0, 0.05) is 30.7 Å². The normalized spacial score (nSPS) is 19.7. The first-order valence-corrected chi connectivity index (χ1v) is 10.9. The van der Waals surface area contributed by atoms with Crippen LogP contribution in [-0.4, -0.2) is 34.8 Å². The Labute approximate surface area is 186 Å². The number of aryl methyl sites for hydroxylation is 1. The van der Waals surface area contributed by atoms with Crippen LogP contribution in [0.3, 0.4) is 0 Å². The maximum absolute atomic E-state index is 13.9. The minimum absolute atomic E-state index is 0.00149. The molecule has 0 saturated carbocycles.